The smallest absolute Gasteiger partial charge is 0.389 e. The van der Waals surface area contributed by atoms with E-state index in [1.807, 2.05) is 0 Å². The Morgan fingerprint density at radius 3 is 2.60 bits per heavy atom. The van der Waals surface area contributed by atoms with Gasteiger partial charge in [-0.25, -0.2) is 9.37 Å². The maximum atomic E-state index is 14.3. The normalized spacial score (nSPS) is 13.0. The van der Waals surface area contributed by atoms with Crippen LogP contribution in [-0.2, 0) is 6.18 Å². The lowest BCUT2D eigenvalue weighted by Crippen LogP contribution is -2.13. The monoisotopic (exact) mass is 417 g/mol. The summed E-state index contributed by atoms with van der Waals surface area (Å²) in [4.78, 5) is 22.5. The highest BCUT2D eigenvalue weighted by Gasteiger charge is 2.35. The number of ketones is 1. The van der Waals surface area contributed by atoms with Gasteiger partial charge >= 0.3 is 6.18 Å². The number of carbonyl (C=O) groups excluding carboxylic acids is 1. The van der Waals surface area contributed by atoms with Crippen LogP contribution < -0.4 is 0 Å². The van der Waals surface area contributed by atoms with Crippen LogP contribution in [0.5, 0.6) is 0 Å². The third kappa shape index (κ3) is 3.48. The van der Waals surface area contributed by atoms with Crippen molar-refractivity contribution in [2.24, 2.45) is 0 Å². The number of nitrogens with one attached hydrogen (secondary N) is 2. The Morgan fingerprint density at radius 2 is 1.90 bits per heavy atom. The maximum Gasteiger partial charge on any atom is 0.417 e. The molecule has 5 nitrogen and oxygen atoms in total. The molecule has 0 saturated heterocycles. The van der Waals surface area contributed by atoms with Gasteiger partial charge in [0, 0.05) is 17.3 Å². The van der Waals surface area contributed by atoms with Crippen molar-refractivity contribution in [3.63, 3.8) is 0 Å². The van der Waals surface area contributed by atoms with Crippen molar-refractivity contribution in [1.29, 1.82) is 0 Å². The minimum atomic E-state index is -4.66. The number of fused-ring (bicyclic) bond motifs is 1. The van der Waals surface area contributed by atoms with Crippen LogP contribution in [-0.4, -0.2) is 25.8 Å². The van der Waals surface area contributed by atoms with Crippen LogP contribution in [0.3, 0.4) is 0 Å². The molecule has 0 bridgehead atoms. The predicted molar refractivity (Wildman–Crippen MR) is 101 cm³/mol. The largest absolute Gasteiger partial charge is 0.417 e. The van der Waals surface area contributed by atoms with Gasteiger partial charge in [-0.3, -0.25) is 4.79 Å². The molecule has 3 N–H and O–H groups in total. The molecule has 1 atom stereocenters. The van der Waals surface area contributed by atoms with Crippen LogP contribution in [0.1, 0.15) is 40.1 Å². The molecule has 0 aliphatic carbocycles. The van der Waals surface area contributed by atoms with E-state index in [4.69, 9.17) is 0 Å². The summed E-state index contributed by atoms with van der Waals surface area (Å²) in [6, 6.07) is 8.61. The van der Waals surface area contributed by atoms with Gasteiger partial charge in [0.15, 0.2) is 17.4 Å². The molecule has 4 rings (SSSR count). The summed E-state index contributed by atoms with van der Waals surface area (Å²) in [6.45, 7) is 1.50. The molecule has 2 aromatic carbocycles. The topological polar surface area (TPSA) is 81.8 Å². The molecule has 0 fully saturated rings. The first kappa shape index (κ1) is 19.8. The number of nitrogens with zero attached hydrogens (tertiary/aromatic N) is 1. The second-order valence-electron chi connectivity index (χ2n) is 6.83. The van der Waals surface area contributed by atoms with E-state index in [1.54, 1.807) is 6.07 Å². The average molecular weight is 417 g/mol. The van der Waals surface area contributed by atoms with Gasteiger partial charge in [0.25, 0.3) is 0 Å². The lowest BCUT2D eigenvalue weighted by Gasteiger charge is -2.10. The molecule has 0 saturated carbocycles. The fourth-order valence-electron chi connectivity index (χ4n) is 3.21. The standard InChI is InChI=1S/C21H15F4N3O2/c1-10(29)11-6-15(22)18-16(7-11)27-20(28-18)17-8-12(9-26-17)19(30)13-4-2-3-5-14(13)21(23,24)25/h2-10,26,29H,1H3,(H,27,28). The first-order chi connectivity index (χ1) is 14.1. The molecule has 4 aromatic rings. The highest BCUT2D eigenvalue weighted by Crippen LogP contribution is 2.33. The Bertz CT molecular complexity index is 1250. The van der Waals surface area contributed by atoms with Crippen LogP contribution >= 0.6 is 0 Å². The van der Waals surface area contributed by atoms with Crippen LogP contribution in [0.2, 0.25) is 0 Å². The summed E-state index contributed by atoms with van der Waals surface area (Å²) < 4.78 is 53.9. The number of aliphatic hydroxyl groups excluding tert-OH is 1. The summed E-state index contributed by atoms with van der Waals surface area (Å²) in [6.07, 6.45) is -4.27. The summed E-state index contributed by atoms with van der Waals surface area (Å²) in [5.74, 6) is -1.23. The highest BCUT2D eigenvalue weighted by atomic mass is 19.4. The Hall–Kier alpha value is -3.46. The van der Waals surface area contributed by atoms with E-state index in [0.29, 0.717) is 16.8 Å². The number of H-pyrrole nitrogens is 2. The Morgan fingerprint density at radius 1 is 1.17 bits per heavy atom. The molecule has 1 unspecified atom stereocenters. The number of rotatable bonds is 4. The number of halogens is 4. The van der Waals surface area contributed by atoms with Crippen LogP contribution in [0, 0.1) is 5.82 Å². The van der Waals surface area contributed by atoms with Gasteiger partial charge in [0.2, 0.25) is 0 Å². The number of aromatic amines is 2. The molecule has 30 heavy (non-hydrogen) atoms. The van der Waals surface area contributed by atoms with E-state index in [1.165, 1.54) is 37.4 Å². The lowest BCUT2D eigenvalue weighted by atomic mass is 9.99. The molecule has 2 aromatic heterocycles. The summed E-state index contributed by atoms with van der Waals surface area (Å²) in [5.41, 5.74) is -0.433. The van der Waals surface area contributed by atoms with Gasteiger partial charge in [-0.1, -0.05) is 18.2 Å². The third-order valence-electron chi connectivity index (χ3n) is 4.72. The molecule has 0 spiro atoms. The quantitative estimate of drug-likeness (QED) is 0.323. The molecule has 0 aliphatic heterocycles. The van der Waals surface area contributed by atoms with Gasteiger partial charge in [0.1, 0.15) is 5.52 Å². The predicted octanol–water partition coefficient (Wildman–Crippen LogP) is 5.00. The van der Waals surface area contributed by atoms with E-state index in [-0.39, 0.29) is 16.9 Å². The van der Waals surface area contributed by atoms with Crippen molar-refractivity contribution in [2.75, 3.05) is 0 Å². The zero-order valence-electron chi connectivity index (χ0n) is 15.5. The molecular formula is C21H15F4N3O2. The molecule has 154 valence electrons. The second-order valence-corrected chi connectivity index (χ2v) is 6.83. The molecule has 0 radical (unpaired) electrons. The maximum absolute atomic E-state index is 14.3. The number of hydrogen-bond donors (Lipinski definition) is 3. The van der Waals surface area contributed by atoms with Gasteiger partial charge in [-0.05, 0) is 36.8 Å². The third-order valence-corrected chi connectivity index (χ3v) is 4.72. The number of imidazole rings is 1. The minimum Gasteiger partial charge on any atom is -0.389 e. The van der Waals surface area contributed by atoms with Gasteiger partial charge in [-0.2, -0.15) is 13.2 Å². The van der Waals surface area contributed by atoms with Gasteiger partial charge in [-0.15, -0.1) is 0 Å². The van der Waals surface area contributed by atoms with E-state index in [0.717, 1.165) is 12.1 Å². The van der Waals surface area contributed by atoms with Gasteiger partial charge in [0.05, 0.1) is 22.9 Å². The summed E-state index contributed by atoms with van der Waals surface area (Å²) in [5, 5.41) is 9.66. The average Bonchev–Trinajstić information content (AvgIpc) is 3.34. The van der Waals surface area contributed by atoms with E-state index < -0.39 is 35.0 Å². The fourth-order valence-corrected chi connectivity index (χ4v) is 3.21. The Kier molecular flexibility index (Phi) is 4.70. The Balaban J connectivity index is 1.72. The second kappa shape index (κ2) is 7.10. The van der Waals surface area contributed by atoms with Crippen molar-refractivity contribution in [2.45, 2.75) is 19.2 Å². The van der Waals surface area contributed by atoms with E-state index in [2.05, 4.69) is 15.0 Å². The van der Waals surface area contributed by atoms with Crippen molar-refractivity contribution in [1.82, 2.24) is 15.0 Å². The summed E-state index contributed by atoms with van der Waals surface area (Å²) in [7, 11) is 0. The van der Waals surface area contributed by atoms with Crippen molar-refractivity contribution < 1.29 is 27.5 Å². The molecule has 2 heterocycles. The zero-order chi connectivity index (χ0) is 21.6. The van der Waals surface area contributed by atoms with Crippen LogP contribution in [0.25, 0.3) is 22.6 Å². The summed E-state index contributed by atoms with van der Waals surface area (Å²) >= 11 is 0. The number of aliphatic hydroxyl groups is 1. The van der Waals surface area contributed by atoms with Crippen LogP contribution in [0.4, 0.5) is 17.6 Å². The SMILES string of the molecule is CC(O)c1cc(F)c2nc(-c3cc(C(=O)c4ccccc4C(F)(F)F)c[nH]3)[nH]c2c1. The number of alkyl halides is 3. The van der Waals surface area contributed by atoms with Crippen LogP contribution in [0.15, 0.2) is 48.7 Å². The zero-order valence-corrected chi connectivity index (χ0v) is 15.5. The minimum absolute atomic E-state index is 0.00676. The number of benzene rings is 2. The Labute approximate surface area is 167 Å². The molecule has 0 aliphatic rings. The van der Waals surface area contributed by atoms with Crippen molar-refractivity contribution in [3.8, 4) is 11.5 Å². The number of aromatic nitrogens is 3. The van der Waals surface area contributed by atoms with Crippen molar-refractivity contribution in [3.05, 3.63) is 76.7 Å². The highest BCUT2D eigenvalue weighted by molar-refractivity contribution is 6.10. The van der Waals surface area contributed by atoms with E-state index >= 15 is 0 Å². The van der Waals surface area contributed by atoms with Gasteiger partial charge < -0.3 is 15.1 Å². The first-order valence-corrected chi connectivity index (χ1v) is 8.92. The number of hydrogen-bond acceptors (Lipinski definition) is 3. The molecule has 0 amide bonds. The number of carbonyl (C=O) groups is 1. The molecular weight excluding hydrogens is 402 g/mol. The fraction of sp³-hybridized carbons (Fsp3) is 0.143. The van der Waals surface area contributed by atoms with E-state index in [9.17, 15) is 27.5 Å². The first-order valence-electron chi connectivity index (χ1n) is 8.92. The lowest BCUT2D eigenvalue weighted by molar-refractivity contribution is -0.137. The van der Waals surface area contributed by atoms with Crippen molar-refractivity contribution >= 4 is 16.8 Å². The molecule has 9 heteroatoms.